The Morgan fingerprint density at radius 2 is 1.69 bits per heavy atom. The molecule has 0 aliphatic carbocycles. The van der Waals surface area contributed by atoms with Crippen LogP contribution in [0.3, 0.4) is 0 Å². The van der Waals surface area contributed by atoms with Gasteiger partial charge in [0, 0.05) is 18.0 Å². The topological polar surface area (TPSA) is 99.9 Å². The molecule has 0 saturated carbocycles. The van der Waals surface area contributed by atoms with E-state index in [0.29, 0.717) is 24.3 Å². The Hall–Kier alpha value is -3.07. The number of alkyl halides is 3. The monoisotopic (exact) mass is 391 g/mol. The van der Waals surface area contributed by atoms with Gasteiger partial charge in [0.15, 0.2) is 0 Å². The molecule has 0 spiro atoms. The van der Waals surface area contributed by atoms with Crippen molar-refractivity contribution >= 4 is 21.4 Å². The van der Waals surface area contributed by atoms with Crippen molar-refractivity contribution in [1.82, 2.24) is 4.98 Å². The molecule has 12 heteroatoms. The van der Waals surface area contributed by atoms with E-state index in [9.17, 15) is 35.2 Å². The zero-order valence-electron chi connectivity index (χ0n) is 12.3. The first-order chi connectivity index (χ1) is 12.0. The maximum Gasteiger partial charge on any atom is 0.501 e. The summed E-state index contributed by atoms with van der Waals surface area (Å²) in [4.78, 5) is 13.9. The van der Waals surface area contributed by atoms with Crippen molar-refractivity contribution in [2.45, 2.75) is 10.4 Å². The standard InChI is InChI=1S/C14H6F5N3O3S/c15-7-1-8(16)3-9(2-7)22-13(23)11-4-10(5-20)21-6-12(11)26(24,25)14(17,18)19/h1-4,6H,(H,22,23). The maximum absolute atomic E-state index is 13.1. The molecule has 0 fully saturated rings. The SMILES string of the molecule is N#Cc1cc(C(=O)Nc2cc(F)cc(F)c2)c(S(=O)(=O)C(F)(F)F)cn1. The van der Waals surface area contributed by atoms with Crippen molar-refractivity contribution in [3.8, 4) is 6.07 Å². The van der Waals surface area contributed by atoms with Gasteiger partial charge >= 0.3 is 5.51 Å². The van der Waals surface area contributed by atoms with E-state index in [2.05, 4.69) is 4.98 Å². The summed E-state index contributed by atoms with van der Waals surface area (Å²) >= 11 is 0. The molecule has 6 nitrogen and oxygen atoms in total. The maximum atomic E-state index is 13.1. The summed E-state index contributed by atoms with van der Waals surface area (Å²) in [6, 6.07) is 3.75. The third-order valence-corrected chi connectivity index (χ3v) is 4.45. The van der Waals surface area contributed by atoms with E-state index in [1.807, 2.05) is 5.32 Å². The van der Waals surface area contributed by atoms with Gasteiger partial charge in [-0.2, -0.15) is 18.4 Å². The van der Waals surface area contributed by atoms with Crippen molar-refractivity contribution < 1.29 is 35.2 Å². The van der Waals surface area contributed by atoms with Crippen LogP contribution >= 0.6 is 0 Å². The van der Waals surface area contributed by atoms with Gasteiger partial charge in [0.25, 0.3) is 15.7 Å². The third kappa shape index (κ3) is 3.77. The molecule has 1 N–H and O–H groups in total. The Labute approximate surface area is 142 Å². The minimum atomic E-state index is -5.97. The number of sulfone groups is 1. The second-order valence-corrected chi connectivity index (χ2v) is 6.65. The van der Waals surface area contributed by atoms with E-state index in [1.54, 1.807) is 0 Å². The number of halogens is 5. The number of benzene rings is 1. The highest BCUT2D eigenvalue weighted by atomic mass is 32.2. The molecule has 0 bridgehead atoms. The minimum Gasteiger partial charge on any atom is -0.322 e. The van der Waals surface area contributed by atoms with Gasteiger partial charge in [-0.05, 0) is 18.2 Å². The van der Waals surface area contributed by atoms with Crippen molar-refractivity contribution in [3.05, 3.63) is 53.4 Å². The number of pyridine rings is 1. The van der Waals surface area contributed by atoms with Crippen LogP contribution in [-0.2, 0) is 9.84 Å². The summed E-state index contributed by atoms with van der Waals surface area (Å²) in [6.45, 7) is 0. The molecule has 1 amide bonds. The average Bonchev–Trinajstić information content (AvgIpc) is 2.52. The third-order valence-electron chi connectivity index (χ3n) is 2.94. The van der Waals surface area contributed by atoms with E-state index >= 15 is 0 Å². The molecule has 0 atom stereocenters. The Morgan fingerprint density at radius 3 is 2.19 bits per heavy atom. The number of nitrogens with one attached hydrogen (secondary N) is 1. The number of hydrogen-bond donors (Lipinski definition) is 1. The summed E-state index contributed by atoms with van der Waals surface area (Å²) in [5, 5.41) is 10.6. The molecule has 1 aromatic carbocycles. The molecule has 2 rings (SSSR count). The van der Waals surface area contributed by atoms with Gasteiger partial charge in [0.2, 0.25) is 0 Å². The molecule has 1 heterocycles. The molecule has 1 aromatic heterocycles. The quantitative estimate of drug-likeness (QED) is 0.811. The van der Waals surface area contributed by atoms with Crippen LogP contribution in [0.15, 0.2) is 35.4 Å². The number of rotatable bonds is 3. The Bertz CT molecular complexity index is 1010. The summed E-state index contributed by atoms with van der Waals surface area (Å²) in [6.07, 6.45) is 0.211. The molecular formula is C14H6F5N3O3S. The van der Waals surface area contributed by atoms with Gasteiger partial charge in [0.05, 0.1) is 5.56 Å². The molecule has 0 radical (unpaired) electrons. The highest BCUT2D eigenvalue weighted by molar-refractivity contribution is 7.92. The van der Waals surface area contributed by atoms with Gasteiger partial charge < -0.3 is 5.32 Å². The van der Waals surface area contributed by atoms with Crippen LogP contribution in [0.4, 0.5) is 27.6 Å². The van der Waals surface area contributed by atoms with Gasteiger partial charge in [-0.25, -0.2) is 22.2 Å². The number of aromatic nitrogens is 1. The van der Waals surface area contributed by atoms with Gasteiger partial charge in [-0.1, -0.05) is 0 Å². The molecule has 0 unspecified atom stereocenters. The molecule has 2 aromatic rings. The molecule has 0 saturated heterocycles. The Balaban J connectivity index is 2.57. The van der Waals surface area contributed by atoms with Gasteiger partial charge in [-0.3, -0.25) is 4.79 Å². The Kier molecular flexibility index (Phi) is 4.95. The lowest BCUT2D eigenvalue weighted by Gasteiger charge is -2.13. The summed E-state index contributed by atoms with van der Waals surface area (Å²) < 4.78 is 87.8. The lowest BCUT2D eigenvalue weighted by molar-refractivity contribution is -0.0436. The lowest BCUT2D eigenvalue weighted by atomic mass is 10.2. The number of anilines is 1. The molecular weight excluding hydrogens is 385 g/mol. The predicted octanol–water partition coefficient (Wildman–Crippen LogP) is 2.78. The summed E-state index contributed by atoms with van der Waals surface area (Å²) in [7, 11) is -5.97. The Morgan fingerprint density at radius 1 is 1.12 bits per heavy atom. The normalized spacial score (nSPS) is 11.7. The van der Waals surface area contributed by atoms with Crippen molar-refractivity contribution in [3.63, 3.8) is 0 Å². The average molecular weight is 391 g/mol. The smallest absolute Gasteiger partial charge is 0.322 e. The number of hydrogen-bond acceptors (Lipinski definition) is 5. The number of carbonyl (C=O) groups is 1. The van der Waals surface area contributed by atoms with Crippen LogP contribution in [0, 0.1) is 23.0 Å². The highest BCUT2D eigenvalue weighted by Crippen LogP contribution is 2.32. The van der Waals surface area contributed by atoms with Crippen LogP contribution in [0.5, 0.6) is 0 Å². The van der Waals surface area contributed by atoms with E-state index in [4.69, 9.17) is 5.26 Å². The van der Waals surface area contributed by atoms with E-state index < -0.39 is 54.7 Å². The van der Waals surface area contributed by atoms with Gasteiger partial charge in [-0.15, -0.1) is 0 Å². The van der Waals surface area contributed by atoms with Crippen LogP contribution < -0.4 is 5.32 Å². The summed E-state index contributed by atoms with van der Waals surface area (Å²) in [5.41, 5.74) is -7.80. The number of amides is 1. The second-order valence-electron chi connectivity index (χ2n) is 4.74. The molecule has 26 heavy (non-hydrogen) atoms. The van der Waals surface area contributed by atoms with Crippen molar-refractivity contribution in [2.75, 3.05) is 5.32 Å². The summed E-state index contributed by atoms with van der Waals surface area (Å²) in [5.74, 6) is -3.61. The highest BCUT2D eigenvalue weighted by Gasteiger charge is 2.48. The molecule has 0 aliphatic rings. The second kappa shape index (κ2) is 6.68. The lowest BCUT2D eigenvalue weighted by Crippen LogP contribution is -2.27. The van der Waals surface area contributed by atoms with Gasteiger partial charge in [0.1, 0.15) is 28.3 Å². The first-order valence-electron chi connectivity index (χ1n) is 6.44. The fourth-order valence-electron chi connectivity index (χ4n) is 1.84. The molecule has 136 valence electrons. The number of nitrogens with zero attached hydrogens (tertiary/aromatic N) is 2. The minimum absolute atomic E-state index is 0.211. The van der Waals surface area contributed by atoms with E-state index in [-0.39, 0.29) is 6.20 Å². The fourth-order valence-corrected chi connectivity index (χ4v) is 2.73. The van der Waals surface area contributed by atoms with E-state index in [1.165, 1.54) is 6.07 Å². The van der Waals surface area contributed by atoms with Crippen LogP contribution in [0.25, 0.3) is 0 Å². The number of nitriles is 1. The predicted molar refractivity (Wildman–Crippen MR) is 76.5 cm³/mol. The zero-order valence-corrected chi connectivity index (χ0v) is 13.1. The largest absolute Gasteiger partial charge is 0.501 e. The number of carbonyl (C=O) groups excluding carboxylic acids is 1. The van der Waals surface area contributed by atoms with E-state index in [0.717, 1.165) is 0 Å². The fraction of sp³-hybridized carbons (Fsp3) is 0.0714. The van der Waals surface area contributed by atoms with Crippen molar-refractivity contribution in [2.24, 2.45) is 0 Å². The molecule has 0 aliphatic heterocycles. The zero-order chi connectivity index (χ0) is 19.7. The van der Waals surface area contributed by atoms with Crippen molar-refractivity contribution in [1.29, 1.82) is 5.26 Å². The first-order valence-corrected chi connectivity index (χ1v) is 7.93. The van der Waals surface area contributed by atoms with Crippen LogP contribution in [0.1, 0.15) is 16.1 Å². The first kappa shape index (κ1) is 19.3. The van der Waals surface area contributed by atoms with Crippen LogP contribution in [0.2, 0.25) is 0 Å². The van der Waals surface area contributed by atoms with Crippen LogP contribution in [-0.4, -0.2) is 24.8 Å².